The van der Waals surface area contributed by atoms with Gasteiger partial charge in [0.25, 0.3) is 5.90 Å². The number of amides is 1. The molecular formula is C17H18N2O5S. The molecule has 0 spiro atoms. The van der Waals surface area contributed by atoms with Gasteiger partial charge in [0, 0.05) is 6.92 Å². The first-order valence-electron chi connectivity index (χ1n) is 7.48. The molecule has 0 saturated heterocycles. The summed E-state index contributed by atoms with van der Waals surface area (Å²) >= 11 is 1.49. The third-order valence-electron chi connectivity index (χ3n) is 3.70. The lowest BCUT2D eigenvalue weighted by Crippen LogP contribution is -2.25. The number of hydrogen-bond acceptors (Lipinski definition) is 7. The number of rotatable bonds is 5. The topological polar surface area (TPSA) is 69.6 Å². The van der Waals surface area contributed by atoms with Crippen LogP contribution >= 0.6 is 11.3 Å². The van der Waals surface area contributed by atoms with Crippen molar-refractivity contribution in [3.8, 4) is 17.2 Å². The molecule has 1 atom stereocenters. The van der Waals surface area contributed by atoms with Crippen molar-refractivity contribution in [2.75, 3.05) is 21.3 Å². The lowest BCUT2D eigenvalue weighted by Gasteiger charge is -2.23. The van der Waals surface area contributed by atoms with Crippen LogP contribution in [0, 0.1) is 0 Å². The maximum Gasteiger partial charge on any atom is 0.251 e. The van der Waals surface area contributed by atoms with Gasteiger partial charge in [0.05, 0.1) is 31.8 Å². The highest BCUT2D eigenvalue weighted by molar-refractivity contribution is 7.12. The first-order chi connectivity index (χ1) is 12.1. The summed E-state index contributed by atoms with van der Waals surface area (Å²) in [5.74, 6) is 1.54. The Morgan fingerprint density at radius 3 is 2.48 bits per heavy atom. The molecule has 1 aromatic carbocycles. The molecule has 0 radical (unpaired) electrons. The van der Waals surface area contributed by atoms with Crippen LogP contribution in [0.25, 0.3) is 0 Å². The molecule has 0 aliphatic carbocycles. The zero-order chi connectivity index (χ0) is 18.0. The van der Waals surface area contributed by atoms with Crippen molar-refractivity contribution in [1.29, 1.82) is 0 Å². The third-order valence-corrected chi connectivity index (χ3v) is 4.56. The van der Waals surface area contributed by atoms with Crippen LogP contribution in [-0.4, -0.2) is 38.1 Å². The van der Waals surface area contributed by atoms with Crippen LogP contribution in [0.1, 0.15) is 23.6 Å². The number of hydrogen-bond donors (Lipinski definition) is 0. The largest absolute Gasteiger partial charge is 0.493 e. The summed E-state index contributed by atoms with van der Waals surface area (Å²) in [6, 6.07) is 7.29. The van der Waals surface area contributed by atoms with Crippen molar-refractivity contribution in [2.24, 2.45) is 5.10 Å². The summed E-state index contributed by atoms with van der Waals surface area (Å²) in [6.07, 6.45) is -0.746. The third kappa shape index (κ3) is 3.00. The van der Waals surface area contributed by atoms with E-state index in [1.165, 1.54) is 37.5 Å². The Balaban J connectivity index is 2.05. The monoisotopic (exact) mass is 362 g/mol. The number of hydrazone groups is 1. The Hall–Kier alpha value is -2.74. The van der Waals surface area contributed by atoms with Crippen LogP contribution in [0.5, 0.6) is 17.2 Å². The predicted molar refractivity (Wildman–Crippen MR) is 93.3 cm³/mol. The van der Waals surface area contributed by atoms with Crippen molar-refractivity contribution >= 4 is 23.1 Å². The van der Waals surface area contributed by atoms with E-state index in [0.29, 0.717) is 28.7 Å². The molecule has 0 bridgehead atoms. The maximum atomic E-state index is 12.1. The lowest BCUT2D eigenvalue weighted by molar-refractivity contribution is -0.135. The first-order valence-corrected chi connectivity index (χ1v) is 8.36. The Kier molecular flexibility index (Phi) is 4.80. The molecule has 132 valence electrons. The molecule has 2 heterocycles. The van der Waals surface area contributed by atoms with Crippen LogP contribution in [0.15, 0.2) is 34.7 Å². The van der Waals surface area contributed by atoms with E-state index in [-0.39, 0.29) is 5.91 Å². The van der Waals surface area contributed by atoms with Gasteiger partial charge in [-0.25, -0.2) is 0 Å². The van der Waals surface area contributed by atoms with Gasteiger partial charge in [-0.1, -0.05) is 6.07 Å². The number of benzene rings is 1. The minimum absolute atomic E-state index is 0.242. The fourth-order valence-electron chi connectivity index (χ4n) is 2.59. The minimum Gasteiger partial charge on any atom is -0.493 e. The average Bonchev–Trinajstić information content (AvgIpc) is 3.29. The molecule has 0 unspecified atom stereocenters. The number of nitrogens with zero attached hydrogens (tertiary/aromatic N) is 2. The van der Waals surface area contributed by atoms with Gasteiger partial charge in [-0.2, -0.15) is 5.01 Å². The minimum atomic E-state index is -0.746. The number of methoxy groups -OCH3 is 3. The van der Waals surface area contributed by atoms with E-state index >= 15 is 0 Å². The molecule has 3 rings (SSSR count). The Morgan fingerprint density at radius 1 is 1.16 bits per heavy atom. The highest BCUT2D eigenvalue weighted by Crippen LogP contribution is 2.45. The maximum absolute atomic E-state index is 12.1. The van der Waals surface area contributed by atoms with Gasteiger partial charge in [0.2, 0.25) is 17.9 Å². The molecule has 1 aliphatic heterocycles. The summed E-state index contributed by atoms with van der Waals surface area (Å²) in [5, 5.41) is 7.53. The Labute approximate surface area is 149 Å². The average molecular weight is 362 g/mol. The second-order valence-electron chi connectivity index (χ2n) is 5.14. The standard InChI is InChI=1S/C17H18N2O5S/c1-10(20)19-17(24-16(18-19)13-6-5-9-25-13)11-7-8-12(21-2)15(23-4)14(11)22-3/h5-9,17H,1-4H3/t17-/m1/s1. The van der Waals surface area contributed by atoms with Crippen molar-refractivity contribution < 1.29 is 23.7 Å². The van der Waals surface area contributed by atoms with E-state index in [1.807, 2.05) is 17.5 Å². The smallest absolute Gasteiger partial charge is 0.251 e. The molecule has 8 heteroatoms. The second-order valence-corrected chi connectivity index (χ2v) is 6.09. The molecule has 7 nitrogen and oxygen atoms in total. The van der Waals surface area contributed by atoms with Gasteiger partial charge in [-0.05, 0) is 23.6 Å². The SMILES string of the molecule is COc1ccc([C@H]2OC(c3cccs3)=NN2C(C)=O)c(OC)c1OC. The van der Waals surface area contributed by atoms with Crippen molar-refractivity contribution in [3.63, 3.8) is 0 Å². The van der Waals surface area contributed by atoms with Gasteiger partial charge in [-0.3, -0.25) is 4.79 Å². The zero-order valence-corrected chi connectivity index (χ0v) is 15.1. The van der Waals surface area contributed by atoms with Gasteiger partial charge in [-0.15, -0.1) is 16.4 Å². The number of carbonyl (C=O) groups is 1. The highest BCUT2D eigenvalue weighted by atomic mass is 32.1. The van der Waals surface area contributed by atoms with Crippen LogP contribution in [0.4, 0.5) is 0 Å². The summed E-state index contributed by atoms with van der Waals surface area (Å²) in [4.78, 5) is 12.9. The molecule has 0 fully saturated rings. The summed E-state index contributed by atoms with van der Waals surface area (Å²) in [5.41, 5.74) is 0.616. The molecular weight excluding hydrogens is 344 g/mol. The van der Waals surface area contributed by atoms with Crippen LogP contribution in [0.2, 0.25) is 0 Å². The molecule has 1 amide bonds. The van der Waals surface area contributed by atoms with Crippen molar-refractivity contribution in [1.82, 2.24) is 5.01 Å². The van der Waals surface area contributed by atoms with Crippen LogP contribution in [0.3, 0.4) is 0 Å². The highest BCUT2D eigenvalue weighted by Gasteiger charge is 2.36. The zero-order valence-electron chi connectivity index (χ0n) is 14.3. The predicted octanol–water partition coefficient (Wildman–Crippen LogP) is 3.01. The lowest BCUT2D eigenvalue weighted by atomic mass is 10.1. The van der Waals surface area contributed by atoms with Gasteiger partial charge >= 0.3 is 0 Å². The molecule has 1 aromatic heterocycles. The second kappa shape index (κ2) is 7.02. The fraction of sp³-hybridized carbons (Fsp3) is 0.294. The van der Waals surface area contributed by atoms with Crippen molar-refractivity contribution in [3.05, 3.63) is 40.1 Å². The first kappa shape index (κ1) is 17.1. The van der Waals surface area contributed by atoms with Crippen LogP contribution in [-0.2, 0) is 9.53 Å². The fourth-order valence-corrected chi connectivity index (χ4v) is 3.24. The number of thiophene rings is 1. The van der Waals surface area contributed by atoms with Crippen LogP contribution < -0.4 is 14.2 Å². The molecule has 0 N–H and O–H groups in total. The Morgan fingerprint density at radius 2 is 1.92 bits per heavy atom. The van der Waals surface area contributed by atoms with Gasteiger partial charge in [0.15, 0.2) is 11.5 Å². The molecule has 0 saturated carbocycles. The molecule has 25 heavy (non-hydrogen) atoms. The van der Waals surface area contributed by atoms with Crippen molar-refractivity contribution in [2.45, 2.75) is 13.2 Å². The summed E-state index contributed by atoms with van der Waals surface area (Å²) in [6.45, 7) is 1.43. The van der Waals surface area contributed by atoms with E-state index in [1.54, 1.807) is 19.2 Å². The van der Waals surface area contributed by atoms with E-state index < -0.39 is 6.23 Å². The Bertz CT molecular complexity index is 804. The summed E-state index contributed by atoms with van der Waals surface area (Å²) < 4.78 is 22.2. The van der Waals surface area contributed by atoms with E-state index in [0.717, 1.165) is 4.88 Å². The van der Waals surface area contributed by atoms with Gasteiger partial charge in [0.1, 0.15) is 0 Å². The van der Waals surface area contributed by atoms with Gasteiger partial charge < -0.3 is 18.9 Å². The molecule has 1 aliphatic rings. The quantitative estimate of drug-likeness (QED) is 0.818. The number of carbonyl (C=O) groups excluding carboxylic acids is 1. The summed E-state index contributed by atoms with van der Waals surface area (Å²) in [7, 11) is 4.59. The number of ether oxygens (including phenoxy) is 4. The van der Waals surface area contributed by atoms with E-state index in [9.17, 15) is 4.79 Å². The van der Waals surface area contributed by atoms with E-state index in [2.05, 4.69) is 5.10 Å². The normalized spacial score (nSPS) is 16.2. The van der Waals surface area contributed by atoms with E-state index in [4.69, 9.17) is 18.9 Å². The molecule has 2 aromatic rings.